The smallest absolute Gasteiger partial charge is 0.349 e. The van der Waals surface area contributed by atoms with Gasteiger partial charge in [0.25, 0.3) is 5.91 Å². The predicted octanol–water partition coefficient (Wildman–Crippen LogP) is 3.93. The molecule has 26 heavy (non-hydrogen) atoms. The van der Waals surface area contributed by atoms with Crippen molar-refractivity contribution in [2.75, 3.05) is 5.32 Å². The lowest BCUT2D eigenvalue weighted by molar-refractivity contribution is -0.123. The lowest BCUT2D eigenvalue weighted by atomic mass is 9.90. The average molecular weight is 368 g/mol. The highest BCUT2D eigenvalue weighted by Gasteiger charge is 2.24. The molecule has 1 aromatic carbocycles. The molecule has 0 spiro atoms. The van der Waals surface area contributed by atoms with Crippen LogP contribution in [0.2, 0.25) is 0 Å². The molecule has 3 rings (SSSR count). The van der Waals surface area contributed by atoms with Crippen LogP contribution in [0.25, 0.3) is 0 Å². The Bertz CT molecular complexity index is 881. The van der Waals surface area contributed by atoms with E-state index in [4.69, 9.17) is 10.00 Å². The molecule has 0 aliphatic heterocycles. The Hall–Kier alpha value is -2.65. The number of anilines is 1. The number of esters is 1. The number of hydrogen-bond acceptors (Lipinski definition) is 5. The Balaban J connectivity index is 1.62. The van der Waals surface area contributed by atoms with Crippen LogP contribution in [0.5, 0.6) is 0 Å². The molecule has 6 heteroatoms. The molecule has 1 heterocycles. The molecule has 134 valence electrons. The van der Waals surface area contributed by atoms with Crippen molar-refractivity contribution in [3.05, 3.63) is 51.2 Å². The third-order valence-electron chi connectivity index (χ3n) is 4.44. The first-order valence-electron chi connectivity index (χ1n) is 8.60. The fourth-order valence-electron chi connectivity index (χ4n) is 2.99. The van der Waals surface area contributed by atoms with Gasteiger partial charge in [0, 0.05) is 10.6 Å². The molecular formula is C20H20N2O3S. The van der Waals surface area contributed by atoms with Gasteiger partial charge in [-0.05, 0) is 61.9 Å². The van der Waals surface area contributed by atoms with Crippen LogP contribution in [0.3, 0.4) is 0 Å². The molecule has 0 saturated heterocycles. The molecule has 0 saturated carbocycles. The largest absolute Gasteiger partial charge is 0.448 e. The summed E-state index contributed by atoms with van der Waals surface area (Å²) in [7, 11) is 0. The van der Waals surface area contributed by atoms with Gasteiger partial charge in [-0.15, -0.1) is 11.3 Å². The number of amides is 1. The Morgan fingerprint density at radius 2 is 2.19 bits per heavy atom. The predicted molar refractivity (Wildman–Crippen MR) is 100 cm³/mol. The van der Waals surface area contributed by atoms with Crippen molar-refractivity contribution in [3.8, 4) is 6.07 Å². The van der Waals surface area contributed by atoms with Gasteiger partial charge in [0.15, 0.2) is 6.10 Å². The number of rotatable bonds is 4. The Labute approximate surface area is 156 Å². The van der Waals surface area contributed by atoms with Crippen LogP contribution in [0.1, 0.15) is 45.9 Å². The molecule has 1 aromatic heterocycles. The molecule has 5 nitrogen and oxygen atoms in total. The van der Waals surface area contributed by atoms with E-state index in [9.17, 15) is 9.59 Å². The molecule has 1 N–H and O–H groups in total. The van der Waals surface area contributed by atoms with Crippen molar-refractivity contribution in [3.63, 3.8) is 0 Å². The Morgan fingerprint density at radius 3 is 2.96 bits per heavy atom. The van der Waals surface area contributed by atoms with Crippen molar-refractivity contribution >= 4 is 28.9 Å². The summed E-state index contributed by atoms with van der Waals surface area (Å²) in [6.45, 7) is 3.75. The number of carbonyl (C=O) groups excluding carboxylic acids is 2. The fourth-order valence-corrected chi connectivity index (χ4v) is 4.08. The molecule has 1 amide bonds. The monoisotopic (exact) mass is 368 g/mol. The molecule has 2 atom stereocenters. The number of nitriles is 1. The molecular weight excluding hydrogens is 348 g/mol. The minimum absolute atomic E-state index is 0.427. The molecule has 2 aromatic rings. The van der Waals surface area contributed by atoms with E-state index >= 15 is 0 Å². The minimum atomic E-state index is -0.925. The maximum atomic E-state index is 12.4. The van der Waals surface area contributed by atoms with Gasteiger partial charge in [-0.1, -0.05) is 13.0 Å². The summed E-state index contributed by atoms with van der Waals surface area (Å²) in [6.07, 6.45) is 2.21. The highest BCUT2D eigenvalue weighted by molar-refractivity contribution is 7.14. The van der Waals surface area contributed by atoms with Gasteiger partial charge in [0.05, 0.1) is 11.6 Å². The fraction of sp³-hybridized carbons (Fsp3) is 0.350. The maximum Gasteiger partial charge on any atom is 0.349 e. The molecule has 0 bridgehead atoms. The van der Waals surface area contributed by atoms with Gasteiger partial charge in [0.2, 0.25) is 0 Å². The standard InChI is InChI=1S/C20H20N2O3S/c1-12-6-7-17-15(8-12)10-18(26-17)20(24)25-13(2)19(23)22-16-5-3-4-14(9-16)11-21/h3-5,9-10,12-13H,6-8H2,1-2H3,(H,22,23). The van der Waals surface area contributed by atoms with E-state index in [0.717, 1.165) is 19.3 Å². The van der Waals surface area contributed by atoms with Crippen molar-refractivity contribution in [2.45, 2.75) is 39.2 Å². The first kappa shape index (κ1) is 18.2. The van der Waals surface area contributed by atoms with Gasteiger partial charge < -0.3 is 10.1 Å². The summed E-state index contributed by atoms with van der Waals surface area (Å²) in [5.74, 6) is -0.260. The number of aryl methyl sites for hydroxylation is 1. The zero-order valence-electron chi connectivity index (χ0n) is 14.7. The molecule has 0 fully saturated rings. The number of ether oxygens (including phenoxy) is 1. The maximum absolute atomic E-state index is 12.4. The van der Waals surface area contributed by atoms with Crippen LogP contribution in [-0.2, 0) is 22.4 Å². The van der Waals surface area contributed by atoms with E-state index in [1.165, 1.54) is 28.7 Å². The zero-order valence-corrected chi connectivity index (χ0v) is 15.6. The van der Waals surface area contributed by atoms with Crippen LogP contribution in [0, 0.1) is 17.2 Å². The molecule has 0 radical (unpaired) electrons. The third-order valence-corrected chi connectivity index (χ3v) is 5.66. The summed E-state index contributed by atoms with van der Waals surface area (Å²) < 4.78 is 5.33. The second-order valence-electron chi connectivity index (χ2n) is 6.64. The van der Waals surface area contributed by atoms with E-state index in [2.05, 4.69) is 12.2 Å². The highest BCUT2D eigenvalue weighted by atomic mass is 32.1. The summed E-state index contributed by atoms with van der Waals surface area (Å²) in [4.78, 5) is 26.4. The number of thiophene rings is 1. The number of benzene rings is 1. The van der Waals surface area contributed by atoms with Crippen LogP contribution >= 0.6 is 11.3 Å². The third kappa shape index (κ3) is 4.12. The summed E-state index contributed by atoms with van der Waals surface area (Å²) >= 11 is 1.47. The van der Waals surface area contributed by atoms with E-state index in [1.807, 2.05) is 12.1 Å². The zero-order chi connectivity index (χ0) is 18.7. The van der Waals surface area contributed by atoms with Gasteiger partial charge in [-0.25, -0.2) is 4.79 Å². The van der Waals surface area contributed by atoms with E-state index in [1.54, 1.807) is 24.3 Å². The van der Waals surface area contributed by atoms with Crippen LogP contribution in [-0.4, -0.2) is 18.0 Å². The van der Waals surface area contributed by atoms with Crippen LogP contribution in [0.15, 0.2) is 30.3 Å². The van der Waals surface area contributed by atoms with Gasteiger partial charge in [-0.3, -0.25) is 4.79 Å². The SMILES string of the molecule is CC1CCc2sc(C(=O)OC(C)C(=O)Nc3cccc(C#N)c3)cc2C1. The van der Waals surface area contributed by atoms with Crippen molar-refractivity contribution in [1.29, 1.82) is 5.26 Å². The highest BCUT2D eigenvalue weighted by Crippen LogP contribution is 2.32. The van der Waals surface area contributed by atoms with E-state index < -0.39 is 18.0 Å². The van der Waals surface area contributed by atoms with Gasteiger partial charge in [0.1, 0.15) is 4.88 Å². The van der Waals surface area contributed by atoms with Crippen molar-refractivity contribution in [1.82, 2.24) is 0 Å². The first-order valence-corrected chi connectivity index (χ1v) is 9.41. The number of fused-ring (bicyclic) bond motifs is 1. The second-order valence-corrected chi connectivity index (χ2v) is 7.77. The summed E-state index contributed by atoms with van der Waals surface area (Å²) in [5.41, 5.74) is 2.18. The molecule has 2 unspecified atom stereocenters. The normalized spacial score (nSPS) is 16.9. The van der Waals surface area contributed by atoms with Gasteiger partial charge in [-0.2, -0.15) is 5.26 Å². The Morgan fingerprint density at radius 1 is 1.38 bits per heavy atom. The summed E-state index contributed by atoms with van der Waals surface area (Å²) in [5, 5.41) is 11.6. The van der Waals surface area contributed by atoms with Gasteiger partial charge >= 0.3 is 5.97 Å². The molecule has 1 aliphatic carbocycles. The minimum Gasteiger partial charge on any atom is -0.448 e. The van der Waals surface area contributed by atoms with E-state index in [-0.39, 0.29) is 0 Å². The Kier molecular flexibility index (Phi) is 5.38. The van der Waals surface area contributed by atoms with Crippen molar-refractivity contribution < 1.29 is 14.3 Å². The quantitative estimate of drug-likeness (QED) is 0.829. The second kappa shape index (κ2) is 7.71. The molecule has 1 aliphatic rings. The van der Waals surface area contributed by atoms with Crippen molar-refractivity contribution in [2.24, 2.45) is 5.92 Å². The number of nitrogens with zero attached hydrogens (tertiary/aromatic N) is 1. The number of nitrogens with one attached hydrogen (secondary N) is 1. The average Bonchev–Trinajstić information content (AvgIpc) is 3.05. The van der Waals surface area contributed by atoms with Crippen LogP contribution in [0.4, 0.5) is 5.69 Å². The summed E-state index contributed by atoms with van der Waals surface area (Å²) in [6, 6.07) is 10.5. The number of carbonyl (C=O) groups is 2. The van der Waals surface area contributed by atoms with Crippen LogP contribution < -0.4 is 5.32 Å². The topological polar surface area (TPSA) is 79.2 Å². The lowest BCUT2D eigenvalue weighted by Gasteiger charge is -2.16. The van der Waals surface area contributed by atoms with E-state index in [0.29, 0.717) is 22.0 Å². The lowest BCUT2D eigenvalue weighted by Crippen LogP contribution is -2.29. The first-order chi connectivity index (χ1) is 12.5. The number of hydrogen-bond donors (Lipinski definition) is 1.